The lowest BCUT2D eigenvalue weighted by Gasteiger charge is -2.26. The second-order valence-electron chi connectivity index (χ2n) is 9.52. The van der Waals surface area contributed by atoms with Crippen LogP contribution in [-0.2, 0) is 0 Å². The van der Waals surface area contributed by atoms with E-state index in [0.29, 0.717) is 11.1 Å². The summed E-state index contributed by atoms with van der Waals surface area (Å²) in [5, 5.41) is 0. The minimum Gasteiger partial charge on any atom is -0.311 e. The molecule has 0 bridgehead atoms. The monoisotopic (exact) mass is 479 g/mol. The van der Waals surface area contributed by atoms with Gasteiger partial charge in [0.25, 0.3) is 0 Å². The van der Waals surface area contributed by atoms with E-state index in [-0.39, 0.29) is 0 Å². The van der Waals surface area contributed by atoms with E-state index in [2.05, 4.69) is 91.5 Å². The van der Waals surface area contributed by atoms with Gasteiger partial charge in [-0.05, 0) is 84.6 Å². The third-order valence-corrected chi connectivity index (χ3v) is 6.98. The predicted octanol–water partition coefficient (Wildman–Crippen LogP) is 8.49. The molecule has 3 heteroatoms. The SMILES string of the molecule is Cc1ccc(N(c2ccc(C)cc2)c2ccc(-c3ccc4c(c3)-c3ccccc3C(=O)C4=O)cc2)cc1. The highest BCUT2D eigenvalue weighted by Gasteiger charge is 2.30. The first kappa shape index (κ1) is 22.7. The maximum absolute atomic E-state index is 12.7. The number of aryl methyl sites for hydroxylation is 2. The molecule has 0 saturated carbocycles. The number of hydrogen-bond acceptors (Lipinski definition) is 3. The molecule has 0 saturated heterocycles. The number of anilines is 3. The van der Waals surface area contributed by atoms with E-state index in [1.165, 1.54) is 11.1 Å². The number of benzene rings is 5. The van der Waals surface area contributed by atoms with Crippen molar-refractivity contribution in [2.75, 3.05) is 4.90 Å². The first-order valence-corrected chi connectivity index (χ1v) is 12.4. The van der Waals surface area contributed by atoms with Gasteiger partial charge in [0.1, 0.15) is 0 Å². The van der Waals surface area contributed by atoms with Crippen LogP contribution < -0.4 is 4.90 Å². The smallest absolute Gasteiger partial charge is 0.234 e. The molecule has 0 atom stereocenters. The summed E-state index contributed by atoms with van der Waals surface area (Å²) in [4.78, 5) is 27.5. The third kappa shape index (κ3) is 4.05. The third-order valence-electron chi connectivity index (χ3n) is 6.98. The summed E-state index contributed by atoms with van der Waals surface area (Å²) in [7, 11) is 0. The van der Waals surface area contributed by atoms with Crippen LogP contribution in [0, 0.1) is 13.8 Å². The summed E-state index contributed by atoms with van der Waals surface area (Å²) in [6.07, 6.45) is 0. The van der Waals surface area contributed by atoms with Gasteiger partial charge in [-0.25, -0.2) is 0 Å². The van der Waals surface area contributed by atoms with Gasteiger partial charge < -0.3 is 4.90 Å². The van der Waals surface area contributed by atoms with Gasteiger partial charge >= 0.3 is 0 Å². The van der Waals surface area contributed by atoms with Gasteiger partial charge in [0, 0.05) is 28.2 Å². The van der Waals surface area contributed by atoms with Gasteiger partial charge in [-0.3, -0.25) is 9.59 Å². The second-order valence-corrected chi connectivity index (χ2v) is 9.52. The molecule has 0 fully saturated rings. The van der Waals surface area contributed by atoms with Crippen molar-refractivity contribution in [1.29, 1.82) is 0 Å². The van der Waals surface area contributed by atoms with Crippen molar-refractivity contribution < 1.29 is 9.59 Å². The van der Waals surface area contributed by atoms with Crippen LogP contribution in [0.25, 0.3) is 22.3 Å². The molecule has 1 aliphatic carbocycles. The standard InChI is InChI=1S/C34H25NO2/c1-22-7-14-26(15-8-22)35(27-16-9-23(2)10-17-27)28-18-11-24(12-19-28)25-13-20-31-32(21-25)29-5-3-4-6-30(29)33(36)34(31)37/h3-21H,1-2H3. The number of hydrogen-bond donors (Lipinski definition) is 0. The van der Waals surface area contributed by atoms with E-state index in [9.17, 15) is 9.59 Å². The minimum atomic E-state index is -0.442. The Hall–Kier alpha value is -4.76. The Balaban J connectivity index is 1.40. The molecule has 1 aliphatic rings. The van der Waals surface area contributed by atoms with Crippen LogP contribution in [0.1, 0.15) is 31.8 Å². The Morgan fingerprint density at radius 2 is 0.865 bits per heavy atom. The molecular formula is C34H25NO2. The first-order valence-electron chi connectivity index (χ1n) is 12.4. The van der Waals surface area contributed by atoms with Crippen molar-refractivity contribution in [3.05, 3.63) is 138 Å². The number of carbonyl (C=O) groups is 2. The first-order chi connectivity index (χ1) is 18.0. The fourth-order valence-corrected chi connectivity index (χ4v) is 4.94. The Labute approximate surface area is 216 Å². The zero-order chi connectivity index (χ0) is 25.5. The normalized spacial score (nSPS) is 12.2. The summed E-state index contributed by atoms with van der Waals surface area (Å²) < 4.78 is 0. The van der Waals surface area contributed by atoms with Crippen molar-refractivity contribution >= 4 is 28.6 Å². The van der Waals surface area contributed by atoms with Crippen LogP contribution in [0.4, 0.5) is 17.1 Å². The van der Waals surface area contributed by atoms with E-state index in [4.69, 9.17) is 0 Å². The summed E-state index contributed by atoms with van der Waals surface area (Å²) >= 11 is 0. The zero-order valence-electron chi connectivity index (χ0n) is 20.7. The molecule has 5 aromatic carbocycles. The molecule has 0 radical (unpaired) electrons. The summed E-state index contributed by atoms with van der Waals surface area (Å²) in [5.41, 5.74) is 10.3. The molecule has 178 valence electrons. The van der Waals surface area contributed by atoms with Crippen molar-refractivity contribution in [2.45, 2.75) is 13.8 Å². The molecule has 0 amide bonds. The van der Waals surface area contributed by atoms with E-state index >= 15 is 0 Å². The molecule has 0 N–H and O–H groups in total. The fraction of sp³-hybridized carbons (Fsp3) is 0.0588. The fourth-order valence-electron chi connectivity index (χ4n) is 4.94. The predicted molar refractivity (Wildman–Crippen MR) is 150 cm³/mol. The van der Waals surface area contributed by atoms with Gasteiger partial charge in [0.05, 0.1) is 0 Å². The molecule has 0 spiro atoms. The van der Waals surface area contributed by atoms with Crippen LogP contribution in [-0.4, -0.2) is 11.6 Å². The van der Waals surface area contributed by atoms with Crippen LogP contribution in [0.5, 0.6) is 0 Å². The summed E-state index contributed by atoms with van der Waals surface area (Å²) in [5.74, 6) is -0.880. The lowest BCUT2D eigenvalue weighted by atomic mass is 9.82. The maximum atomic E-state index is 12.7. The van der Waals surface area contributed by atoms with Gasteiger partial charge in [-0.15, -0.1) is 0 Å². The lowest BCUT2D eigenvalue weighted by Crippen LogP contribution is -2.21. The number of rotatable bonds is 4. The Morgan fingerprint density at radius 3 is 1.41 bits per heavy atom. The average molecular weight is 480 g/mol. The zero-order valence-corrected chi connectivity index (χ0v) is 20.7. The van der Waals surface area contributed by atoms with Gasteiger partial charge in [0.15, 0.2) is 0 Å². The highest BCUT2D eigenvalue weighted by Crippen LogP contribution is 2.38. The van der Waals surface area contributed by atoms with Gasteiger partial charge in [-0.2, -0.15) is 0 Å². The average Bonchev–Trinajstić information content (AvgIpc) is 2.94. The minimum absolute atomic E-state index is 0.437. The summed E-state index contributed by atoms with van der Waals surface area (Å²) in [6, 6.07) is 38.6. The van der Waals surface area contributed by atoms with Crippen molar-refractivity contribution in [2.24, 2.45) is 0 Å². The number of fused-ring (bicyclic) bond motifs is 3. The molecule has 5 aromatic rings. The molecular weight excluding hydrogens is 454 g/mol. The number of ketones is 2. The van der Waals surface area contributed by atoms with E-state index < -0.39 is 11.6 Å². The number of carbonyl (C=O) groups excluding carboxylic acids is 2. The maximum Gasteiger partial charge on any atom is 0.234 e. The molecule has 0 aliphatic heterocycles. The topological polar surface area (TPSA) is 37.4 Å². The Bertz CT molecular complexity index is 1600. The molecule has 6 rings (SSSR count). The van der Waals surface area contributed by atoms with Crippen molar-refractivity contribution in [3.8, 4) is 22.3 Å². The van der Waals surface area contributed by atoms with E-state index in [0.717, 1.165) is 39.3 Å². The van der Waals surface area contributed by atoms with Gasteiger partial charge in [-0.1, -0.05) is 77.9 Å². The molecule has 3 nitrogen and oxygen atoms in total. The number of Topliss-reactive ketones (excluding diaryl/α,β-unsaturated/α-hetero) is 2. The van der Waals surface area contributed by atoms with Crippen LogP contribution >= 0.6 is 0 Å². The highest BCUT2D eigenvalue weighted by atomic mass is 16.2. The largest absolute Gasteiger partial charge is 0.311 e. The quantitative estimate of drug-likeness (QED) is 0.243. The van der Waals surface area contributed by atoms with E-state index in [1.54, 1.807) is 18.2 Å². The van der Waals surface area contributed by atoms with Crippen molar-refractivity contribution in [3.63, 3.8) is 0 Å². The van der Waals surface area contributed by atoms with Crippen molar-refractivity contribution in [1.82, 2.24) is 0 Å². The molecule has 0 heterocycles. The van der Waals surface area contributed by atoms with Crippen LogP contribution in [0.2, 0.25) is 0 Å². The van der Waals surface area contributed by atoms with Gasteiger partial charge in [0.2, 0.25) is 11.6 Å². The highest BCUT2D eigenvalue weighted by molar-refractivity contribution is 6.53. The Morgan fingerprint density at radius 1 is 0.432 bits per heavy atom. The molecule has 0 aromatic heterocycles. The van der Waals surface area contributed by atoms with Crippen LogP contribution in [0.3, 0.4) is 0 Å². The molecule has 37 heavy (non-hydrogen) atoms. The molecule has 0 unspecified atom stereocenters. The number of nitrogens with zero attached hydrogens (tertiary/aromatic N) is 1. The lowest BCUT2D eigenvalue weighted by molar-refractivity contribution is 0.0815. The summed E-state index contributed by atoms with van der Waals surface area (Å²) in [6.45, 7) is 4.19. The van der Waals surface area contributed by atoms with Crippen LogP contribution in [0.15, 0.2) is 115 Å². The Kier molecular flexibility index (Phi) is 5.54. The second kappa shape index (κ2) is 9.03. The van der Waals surface area contributed by atoms with E-state index in [1.807, 2.05) is 24.3 Å².